The number of halogens is 1. The van der Waals surface area contributed by atoms with E-state index in [0.29, 0.717) is 17.4 Å². The van der Waals surface area contributed by atoms with Crippen molar-refractivity contribution in [3.05, 3.63) is 89.8 Å². The summed E-state index contributed by atoms with van der Waals surface area (Å²) < 4.78 is 3.57. The van der Waals surface area contributed by atoms with E-state index in [1.807, 2.05) is 65.6 Å². The van der Waals surface area contributed by atoms with Crippen LogP contribution < -0.4 is 5.32 Å². The zero-order valence-electron chi connectivity index (χ0n) is 17.5. The molecule has 0 spiro atoms. The molecule has 7 nitrogen and oxygen atoms in total. The standard InChI is InChI=1S/C24H26ClN5O2/c25-23-9-5-4-8-22(23)19-13-27-30(15-19)20(12-18-6-2-1-3-7-18)14-26-24-10-11-29(28-24)16-21(32)17-31/h1-11,13,15,20-21,31-32H,12,14,16-17H2,(H,26,28)/t20-,21+/m0/s1. The summed E-state index contributed by atoms with van der Waals surface area (Å²) in [7, 11) is 0. The Labute approximate surface area is 191 Å². The van der Waals surface area contributed by atoms with Crippen LogP contribution in [-0.2, 0) is 13.0 Å². The number of rotatable bonds is 10. The van der Waals surface area contributed by atoms with Crippen molar-refractivity contribution in [2.24, 2.45) is 0 Å². The Hall–Kier alpha value is -3.13. The Morgan fingerprint density at radius 3 is 2.59 bits per heavy atom. The minimum Gasteiger partial charge on any atom is -0.394 e. The molecule has 4 aromatic rings. The van der Waals surface area contributed by atoms with Gasteiger partial charge < -0.3 is 15.5 Å². The van der Waals surface area contributed by atoms with E-state index in [2.05, 4.69) is 27.6 Å². The van der Waals surface area contributed by atoms with Crippen molar-refractivity contribution in [3.63, 3.8) is 0 Å². The minimum atomic E-state index is -0.833. The maximum absolute atomic E-state index is 9.62. The van der Waals surface area contributed by atoms with Crippen molar-refractivity contribution in [2.45, 2.75) is 25.1 Å². The Kier molecular flexibility index (Phi) is 7.21. The molecule has 0 aliphatic rings. The van der Waals surface area contributed by atoms with Crippen molar-refractivity contribution in [1.82, 2.24) is 19.6 Å². The Morgan fingerprint density at radius 1 is 1.03 bits per heavy atom. The summed E-state index contributed by atoms with van der Waals surface area (Å²) in [6.07, 6.45) is 5.59. The van der Waals surface area contributed by atoms with Gasteiger partial charge >= 0.3 is 0 Å². The summed E-state index contributed by atoms with van der Waals surface area (Å²) in [6.45, 7) is 0.554. The first-order valence-electron chi connectivity index (χ1n) is 10.5. The fraction of sp³-hybridized carbons (Fsp3) is 0.250. The van der Waals surface area contributed by atoms with Crippen molar-refractivity contribution in [3.8, 4) is 11.1 Å². The van der Waals surface area contributed by atoms with Crippen LogP contribution in [0.4, 0.5) is 5.82 Å². The summed E-state index contributed by atoms with van der Waals surface area (Å²) in [5.74, 6) is 0.701. The maximum Gasteiger partial charge on any atom is 0.148 e. The predicted octanol–water partition coefficient (Wildman–Crippen LogP) is 3.65. The molecule has 0 unspecified atom stereocenters. The van der Waals surface area contributed by atoms with E-state index >= 15 is 0 Å². The minimum absolute atomic E-state index is 0.0434. The largest absolute Gasteiger partial charge is 0.394 e. The molecule has 0 fully saturated rings. The van der Waals surface area contributed by atoms with Crippen LogP contribution in [0.1, 0.15) is 11.6 Å². The molecule has 2 atom stereocenters. The molecule has 2 aromatic heterocycles. The zero-order valence-corrected chi connectivity index (χ0v) is 18.3. The molecule has 0 saturated carbocycles. The van der Waals surface area contributed by atoms with Gasteiger partial charge in [-0.05, 0) is 18.1 Å². The van der Waals surface area contributed by atoms with Crippen LogP contribution in [0.25, 0.3) is 11.1 Å². The average molecular weight is 452 g/mol. The highest BCUT2D eigenvalue weighted by molar-refractivity contribution is 6.33. The molecule has 2 heterocycles. The van der Waals surface area contributed by atoms with E-state index in [1.54, 1.807) is 10.9 Å². The van der Waals surface area contributed by atoms with Gasteiger partial charge in [0, 0.05) is 41.2 Å². The zero-order chi connectivity index (χ0) is 22.3. The number of hydrogen-bond donors (Lipinski definition) is 3. The lowest BCUT2D eigenvalue weighted by Gasteiger charge is -2.18. The lowest BCUT2D eigenvalue weighted by Crippen LogP contribution is -2.22. The van der Waals surface area contributed by atoms with Gasteiger partial charge in [-0.15, -0.1) is 0 Å². The molecule has 3 N–H and O–H groups in total. The molecular formula is C24H26ClN5O2. The monoisotopic (exact) mass is 451 g/mol. The maximum atomic E-state index is 9.62. The summed E-state index contributed by atoms with van der Waals surface area (Å²) in [6, 6.07) is 19.9. The number of aromatic nitrogens is 4. The molecule has 0 amide bonds. The summed E-state index contributed by atoms with van der Waals surface area (Å²) in [4.78, 5) is 0. The van der Waals surface area contributed by atoms with Crippen LogP contribution in [-0.4, -0.2) is 49.0 Å². The quantitative estimate of drug-likeness (QED) is 0.342. The third kappa shape index (κ3) is 5.56. The van der Waals surface area contributed by atoms with Gasteiger partial charge in [0.05, 0.1) is 31.5 Å². The smallest absolute Gasteiger partial charge is 0.148 e. The van der Waals surface area contributed by atoms with Crippen LogP contribution in [0.15, 0.2) is 79.3 Å². The van der Waals surface area contributed by atoms with Gasteiger partial charge in [-0.25, -0.2) is 0 Å². The van der Waals surface area contributed by atoms with Gasteiger partial charge in [0.15, 0.2) is 0 Å². The summed E-state index contributed by atoms with van der Waals surface area (Å²) in [5.41, 5.74) is 3.13. The molecular weight excluding hydrogens is 426 g/mol. The highest BCUT2D eigenvalue weighted by Gasteiger charge is 2.16. The number of nitrogens with zero attached hydrogens (tertiary/aromatic N) is 4. The van der Waals surface area contributed by atoms with Crippen LogP contribution >= 0.6 is 11.6 Å². The van der Waals surface area contributed by atoms with Crippen LogP contribution in [0.5, 0.6) is 0 Å². The molecule has 0 aliphatic heterocycles. The topological polar surface area (TPSA) is 88.1 Å². The van der Waals surface area contributed by atoms with Gasteiger partial charge in [-0.2, -0.15) is 10.2 Å². The van der Waals surface area contributed by atoms with Gasteiger partial charge in [0.2, 0.25) is 0 Å². The highest BCUT2D eigenvalue weighted by Crippen LogP contribution is 2.28. The van der Waals surface area contributed by atoms with E-state index in [9.17, 15) is 5.11 Å². The number of nitrogens with one attached hydrogen (secondary N) is 1. The Balaban J connectivity index is 1.51. The van der Waals surface area contributed by atoms with Crippen LogP contribution in [0, 0.1) is 0 Å². The highest BCUT2D eigenvalue weighted by atomic mass is 35.5. The van der Waals surface area contributed by atoms with Crippen LogP contribution in [0.2, 0.25) is 5.02 Å². The number of aliphatic hydroxyl groups is 2. The molecule has 0 saturated heterocycles. The van der Waals surface area contributed by atoms with E-state index < -0.39 is 6.10 Å². The molecule has 166 valence electrons. The fourth-order valence-corrected chi connectivity index (χ4v) is 3.82. The van der Waals surface area contributed by atoms with Crippen molar-refractivity contribution in [2.75, 3.05) is 18.5 Å². The molecule has 0 bridgehead atoms. The number of hydrogen-bond acceptors (Lipinski definition) is 5. The molecule has 2 aromatic carbocycles. The Morgan fingerprint density at radius 2 is 1.81 bits per heavy atom. The average Bonchev–Trinajstić information content (AvgIpc) is 3.47. The molecule has 0 aliphatic carbocycles. The van der Waals surface area contributed by atoms with Crippen LogP contribution in [0.3, 0.4) is 0 Å². The molecule has 0 radical (unpaired) electrons. The number of benzene rings is 2. The lowest BCUT2D eigenvalue weighted by atomic mass is 10.1. The Bertz CT molecular complexity index is 1130. The molecule has 4 rings (SSSR count). The fourth-order valence-electron chi connectivity index (χ4n) is 3.57. The van der Waals surface area contributed by atoms with E-state index in [4.69, 9.17) is 16.7 Å². The van der Waals surface area contributed by atoms with E-state index in [-0.39, 0.29) is 19.2 Å². The van der Waals surface area contributed by atoms with Crippen molar-refractivity contribution < 1.29 is 10.2 Å². The number of aliphatic hydroxyl groups excluding tert-OH is 2. The third-order valence-corrected chi connectivity index (χ3v) is 5.57. The predicted molar refractivity (Wildman–Crippen MR) is 126 cm³/mol. The van der Waals surface area contributed by atoms with Gasteiger partial charge in [0.1, 0.15) is 5.82 Å². The second-order valence-electron chi connectivity index (χ2n) is 7.67. The number of anilines is 1. The first kappa shape index (κ1) is 22.1. The van der Waals surface area contributed by atoms with E-state index in [1.165, 1.54) is 5.56 Å². The first-order chi connectivity index (χ1) is 15.6. The third-order valence-electron chi connectivity index (χ3n) is 5.24. The SMILES string of the molecule is OC[C@H](O)Cn1ccc(NC[C@H](Cc2ccccc2)n2cc(-c3ccccc3Cl)cn2)n1. The van der Waals surface area contributed by atoms with Crippen molar-refractivity contribution >= 4 is 17.4 Å². The summed E-state index contributed by atoms with van der Waals surface area (Å²) in [5, 5.41) is 31.8. The van der Waals surface area contributed by atoms with Gasteiger partial charge in [0.25, 0.3) is 0 Å². The second kappa shape index (κ2) is 10.5. The first-order valence-corrected chi connectivity index (χ1v) is 10.9. The van der Waals surface area contributed by atoms with E-state index in [0.717, 1.165) is 17.5 Å². The summed E-state index contributed by atoms with van der Waals surface area (Å²) >= 11 is 6.37. The van der Waals surface area contributed by atoms with Gasteiger partial charge in [-0.1, -0.05) is 60.1 Å². The van der Waals surface area contributed by atoms with Gasteiger partial charge in [-0.3, -0.25) is 9.36 Å². The van der Waals surface area contributed by atoms with Crippen molar-refractivity contribution in [1.29, 1.82) is 0 Å². The second-order valence-corrected chi connectivity index (χ2v) is 8.08. The molecule has 32 heavy (non-hydrogen) atoms. The molecule has 8 heteroatoms. The lowest BCUT2D eigenvalue weighted by molar-refractivity contribution is 0.0783. The normalized spacial score (nSPS) is 13.1.